The molecule has 3 aromatic rings. The smallest absolute Gasteiger partial charge is 0.272 e. The number of benzene rings is 2. The van der Waals surface area contributed by atoms with Gasteiger partial charge in [-0.15, -0.1) is 0 Å². The van der Waals surface area contributed by atoms with Gasteiger partial charge in [0.25, 0.3) is 11.8 Å². The average molecular weight is 358 g/mol. The monoisotopic (exact) mass is 358 g/mol. The number of hydrogen-bond donors (Lipinski definition) is 3. The van der Waals surface area contributed by atoms with Crippen molar-refractivity contribution in [1.82, 2.24) is 15.8 Å². The first-order chi connectivity index (χ1) is 12.0. The number of anilines is 1. The fraction of sp³-hybridized carbons (Fsp3) is 0.118. The highest BCUT2D eigenvalue weighted by Gasteiger charge is 2.17. The number of nitrogens with zero attached hydrogens (tertiary/aromatic N) is 1. The van der Waals surface area contributed by atoms with E-state index in [0.717, 1.165) is 10.2 Å². The molecule has 128 valence electrons. The lowest BCUT2D eigenvalue weighted by Gasteiger charge is -2.14. The molecule has 1 unspecified atom stereocenters. The number of rotatable bonds is 4. The van der Waals surface area contributed by atoms with Crippen LogP contribution >= 0.6 is 11.3 Å². The van der Waals surface area contributed by atoms with Crippen molar-refractivity contribution < 1.29 is 14.0 Å². The normalized spacial score (nSPS) is 11.8. The molecular formula is C17H15FN4O2S. The minimum atomic E-state index is -0.723. The first kappa shape index (κ1) is 16.8. The maximum Gasteiger partial charge on any atom is 0.272 e. The van der Waals surface area contributed by atoms with E-state index in [1.165, 1.54) is 35.6 Å². The lowest BCUT2D eigenvalue weighted by molar-refractivity contribution is -0.122. The molecule has 2 amide bonds. The summed E-state index contributed by atoms with van der Waals surface area (Å²) in [6.07, 6.45) is 0. The molecule has 0 fully saturated rings. The van der Waals surface area contributed by atoms with Gasteiger partial charge in [0, 0.05) is 0 Å². The summed E-state index contributed by atoms with van der Waals surface area (Å²) in [6, 6.07) is 12.5. The highest BCUT2D eigenvalue weighted by Crippen LogP contribution is 2.25. The molecule has 3 rings (SSSR count). The fourth-order valence-corrected chi connectivity index (χ4v) is 3.08. The predicted octanol–water partition coefficient (Wildman–Crippen LogP) is 2.70. The van der Waals surface area contributed by atoms with Gasteiger partial charge in [-0.2, -0.15) is 0 Å². The number of nitrogens with one attached hydrogen (secondary N) is 3. The van der Waals surface area contributed by atoms with Crippen molar-refractivity contribution in [2.75, 3.05) is 5.32 Å². The molecule has 1 aromatic heterocycles. The van der Waals surface area contributed by atoms with E-state index in [9.17, 15) is 14.0 Å². The maximum atomic E-state index is 13.5. The standard InChI is InChI=1S/C17H15FN4O2S/c1-10(19-17-20-13-8-4-5-9-14(13)25-17)15(23)21-22-16(24)11-6-2-3-7-12(11)18/h2-10H,1H3,(H,19,20)(H,21,23)(H,22,24). The van der Waals surface area contributed by atoms with E-state index in [2.05, 4.69) is 21.2 Å². The Kier molecular flexibility index (Phi) is 4.90. The second-order valence-corrected chi connectivity index (χ2v) is 6.31. The van der Waals surface area contributed by atoms with E-state index in [0.29, 0.717) is 5.13 Å². The largest absolute Gasteiger partial charge is 0.350 e. The van der Waals surface area contributed by atoms with Crippen molar-refractivity contribution in [2.45, 2.75) is 13.0 Å². The van der Waals surface area contributed by atoms with Gasteiger partial charge in [-0.05, 0) is 31.2 Å². The molecule has 0 spiro atoms. The predicted molar refractivity (Wildman–Crippen MR) is 94.7 cm³/mol. The van der Waals surface area contributed by atoms with Crippen LogP contribution in [0.2, 0.25) is 0 Å². The van der Waals surface area contributed by atoms with Gasteiger partial charge in [-0.1, -0.05) is 35.6 Å². The Hall–Kier alpha value is -3.00. The Bertz CT molecular complexity index is 895. The van der Waals surface area contributed by atoms with Gasteiger partial charge in [-0.25, -0.2) is 9.37 Å². The lowest BCUT2D eigenvalue weighted by atomic mass is 10.2. The molecule has 25 heavy (non-hydrogen) atoms. The Morgan fingerprint density at radius 2 is 1.80 bits per heavy atom. The molecule has 0 aliphatic heterocycles. The minimum absolute atomic E-state index is 0.144. The van der Waals surface area contributed by atoms with Gasteiger partial charge >= 0.3 is 0 Å². The van der Waals surface area contributed by atoms with Gasteiger partial charge in [-0.3, -0.25) is 20.4 Å². The van der Waals surface area contributed by atoms with Crippen LogP contribution in [0.3, 0.4) is 0 Å². The zero-order chi connectivity index (χ0) is 17.8. The Balaban J connectivity index is 1.57. The van der Waals surface area contributed by atoms with Crippen molar-refractivity contribution in [3.8, 4) is 0 Å². The number of hydrazine groups is 1. The number of fused-ring (bicyclic) bond motifs is 1. The summed E-state index contributed by atoms with van der Waals surface area (Å²) in [5, 5.41) is 3.58. The van der Waals surface area contributed by atoms with Gasteiger partial charge in [0.1, 0.15) is 11.9 Å². The number of aromatic nitrogens is 1. The molecule has 1 atom stereocenters. The van der Waals surface area contributed by atoms with Crippen LogP contribution in [0.1, 0.15) is 17.3 Å². The average Bonchev–Trinajstić information content (AvgIpc) is 3.01. The van der Waals surface area contributed by atoms with Crippen molar-refractivity contribution in [3.05, 3.63) is 59.9 Å². The van der Waals surface area contributed by atoms with Gasteiger partial charge in [0.15, 0.2) is 5.13 Å². The summed E-state index contributed by atoms with van der Waals surface area (Å²) in [4.78, 5) is 28.3. The molecular weight excluding hydrogens is 343 g/mol. The Labute approximate surface area is 147 Å². The minimum Gasteiger partial charge on any atom is -0.350 e. The first-order valence-corrected chi connectivity index (χ1v) is 8.33. The topological polar surface area (TPSA) is 83.1 Å². The Morgan fingerprint density at radius 1 is 1.08 bits per heavy atom. The van der Waals surface area contributed by atoms with E-state index in [4.69, 9.17) is 0 Å². The SMILES string of the molecule is CC(Nc1nc2ccccc2s1)C(=O)NNC(=O)c1ccccc1F. The number of carbonyl (C=O) groups is 2. The molecule has 8 heteroatoms. The number of carbonyl (C=O) groups excluding carboxylic acids is 2. The van der Waals surface area contributed by atoms with Crippen molar-refractivity contribution in [3.63, 3.8) is 0 Å². The molecule has 1 heterocycles. The molecule has 3 N–H and O–H groups in total. The Morgan fingerprint density at radius 3 is 2.56 bits per heavy atom. The number of para-hydroxylation sites is 1. The lowest BCUT2D eigenvalue weighted by Crippen LogP contribution is -2.47. The summed E-state index contributed by atoms with van der Waals surface area (Å²) in [5.41, 5.74) is 5.17. The van der Waals surface area contributed by atoms with Crippen LogP contribution in [0.4, 0.5) is 9.52 Å². The maximum absolute atomic E-state index is 13.5. The molecule has 0 saturated carbocycles. The van der Waals surface area contributed by atoms with E-state index in [1.54, 1.807) is 6.92 Å². The quantitative estimate of drug-likeness (QED) is 0.626. The molecule has 0 saturated heterocycles. The van der Waals surface area contributed by atoms with E-state index in [1.807, 2.05) is 24.3 Å². The van der Waals surface area contributed by atoms with Crippen LogP contribution in [-0.4, -0.2) is 22.8 Å². The third-order valence-electron chi connectivity index (χ3n) is 3.44. The van der Waals surface area contributed by atoms with Crippen LogP contribution in [0.15, 0.2) is 48.5 Å². The number of amides is 2. The van der Waals surface area contributed by atoms with Crippen LogP contribution in [-0.2, 0) is 4.79 Å². The third kappa shape index (κ3) is 3.92. The first-order valence-electron chi connectivity index (χ1n) is 7.51. The van der Waals surface area contributed by atoms with Crippen LogP contribution in [0.5, 0.6) is 0 Å². The van der Waals surface area contributed by atoms with Crippen molar-refractivity contribution in [1.29, 1.82) is 0 Å². The second kappa shape index (κ2) is 7.27. The van der Waals surface area contributed by atoms with E-state index < -0.39 is 23.7 Å². The highest BCUT2D eigenvalue weighted by atomic mass is 32.1. The molecule has 0 aliphatic carbocycles. The molecule has 0 bridgehead atoms. The van der Waals surface area contributed by atoms with Gasteiger partial charge < -0.3 is 5.32 Å². The summed E-state index contributed by atoms with van der Waals surface area (Å²) < 4.78 is 14.5. The third-order valence-corrected chi connectivity index (χ3v) is 4.41. The molecule has 0 aliphatic rings. The summed E-state index contributed by atoms with van der Waals surface area (Å²) >= 11 is 1.43. The molecule has 2 aromatic carbocycles. The zero-order valence-corrected chi connectivity index (χ0v) is 14.1. The number of hydrogen-bond acceptors (Lipinski definition) is 5. The van der Waals surface area contributed by atoms with Crippen molar-refractivity contribution in [2.24, 2.45) is 0 Å². The summed E-state index contributed by atoms with van der Waals surface area (Å²) in [5.74, 6) is -1.85. The summed E-state index contributed by atoms with van der Waals surface area (Å²) in [6.45, 7) is 1.64. The van der Waals surface area contributed by atoms with Crippen LogP contribution in [0.25, 0.3) is 10.2 Å². The molecule has 0 radical (unpaired) electrons. The molecule has 6 nitrogen and oxygen atoms in total. The van der Waals surface area contributed by atoms with Crippen LogP contribution < -0.4 is 16.2 Å². The van der Waals surface area contributed by atoms with E-state index in [-0.39, 0.29) is 5.56 Å². The van der Waals surface area contributed by atoms with Gasteiger partial charge in [0.2, 0.25) is 0 Å². The zero-order valence-electron chi connectivity index (χ0n) is 13.2. The van der Waals surface area contributed by atoms with Gasteiger partial charge in [0.05, 0.1) is 15.8 Å². The fourth-order valence-electron chi connectivity index (χ4n) is 2.12. The number of thiazole rings is 1. The highest BCUT2D eigenvalue weighted by molar-refractivity contribution is 7.22. The number of halogens is 1. The second-order valence-electron chi connectivity index (χ2n) is 5.28. The van der Waals surface area contributed by atoms with Crippen LogP contribution in [0, 0.1) is 5.82 Å². The summed E-state index contributed by atoms with van der Waals surface area (Å²) in [7, 11) is 0. The van der Waals surface area contributed by atoms with Crippen molar-refractivity contribution >= 4 is 38.5 Å². The van der Waals surface area contributed by atoms with E-state index >= 15 is 0 Å².